The van der Waals surface area contributed by atoms with Crippen molar-refractivity contribution < 1.29 is 4.92 Å². The highest BCUT2D eigenvalue weighted by Crippen LogP contribution is 2.34. The lowest BCUT2D eigenvalue weighted by atomic mass is 10.4. The Kier molecular flexibility index (Phi) is 4.00. The number of nitrogens with zero attached hydrogens (tertiary/aromatic N) is 3. The molecule has 0 bridgehead atoms. The normalized spacial score (nSPS) is 10.3. The Bertz CT molecular complexity index is 609. The van der Waals surface area contributed by atoms with E-state index in [0.29, 0.717) is 5.02 Å². The molecule has 1 aromatic carbocycles. The van der Waals surface area contributed by atoms with Crippen LogP contribution >= 0.6 is 35.0 Å². The Hall–Kier alpha value is -1.37. The summed E-state index contributed by atoms with van der Waals surface area (Å²) in [5.41, 5.74) is -0.190. The maximum Gasteiger partial charge on any atom is 0.319 e. The van der Waals surface area contributed by atoms with Crippen molar-refractivity contribution in [1.82, 2.24) is 9.97 Å². The molecule has 92 valence electrons. The third-order valence-electron chi connectivity index (χ3n) is 1.91. The smallest absolute Gasteiger partial charge is 0.258 e. The van der Waals surface area contributed by atoms with Gasteiger partial charge in [0.05, 0.1) is 4.92 Å². The van der Waals surface area contributed by atoms with Gasteiger partial charge in [0.25, 0.3) is 0 Å². The molecule has 0 spiro atoms. The van der Waals surface area contributed by atoms with Crippen LogP contribution < -0.4 is 0 Å². The summed E-state index contributed by atoms with van der Waals surface area (Å²) in [7, 11) is 0. The van der Waals surface area contributed by atoms with E-state index in [1.807, 2.05) is 0 Å². The maximum absolute atomic E-state index is 10.8. The average molecular weight is 302 g/mol. The summed E-state index contributed by atoms with van der Waals surface area (Å²) in [5.74, 6) is 0. The third-order valence-corrected chi connectivity index (χ3v) is 3.31. The summed E-state index contributed by atoms with van der Waals surface area (Å²) in [6.07, 6.45) is 1.09. The van der Waals surface area contributed by atoms with Gasteiger partial charge in [-0.1, -0.05) is 29.4 Å². The van der Waals surface area contributed by atoms with Crippen LogP contribution in [0.4, 0.5) is 5.69 Å². The fourth-order valence-corrected chi connectivity index (χ4v) is 2.54. The lowest BCUT2D eigenvalue weighted by Gasteiger charge is -2.02. The second-order valence-electron chi connectivity index (χ2n) is 3.15. The van der Waals surface area contributed by atoms with Crippen LogP contribution in [0.3, 0.4) is 0 Å². The summed E-state index contributed by atoms with van der Waals surface area (Å²) in [6.45, 7) is 0. The quantitative estimate of drug-likeness (QED) is 0.373. The molecule has 8 heteroatoms. The van der Waals surface area contributed by atoms with Crippen LogP contribution in [-0.4, -0.2) is 14.9 Å². The zero-order valence-corrected chi connectivity index (χ0v) is 11.0. The Labute approximate surface area is 116 Å². The van der Waals surface area contributed by atoms with Crippen LogP contribution in [0.25, 0.3) is 0 Å². The molecule has 0 unspecified atom stereocenters. The van der Waals surface area contributed by atoms with Gasteiger partial charge in [0.2, 0.25) is 5.28 Å². The molecule has 0 saturated heterocycles. The molecular formula is C10H5Cl2N3O2S. The monoisotopic (exact) mass is 301 g/mol. The fraction of sp³-hybridized carbons (Fsp3) is 0. The van der Waals surface area contributed by atoms with Gasteiger partial charge in [-0.05, 0) is 29.8 Å². The van der Waals surface area contributed by atoms with Crippen LogP contribution in [0.15, 0.2) is 40.4 Å². The molecule has 0 radical (unpaired) electrons. The maximum atomic E-state index is 10.8. The lowest BCUT2D eigenvalue weighted by molar-refractivity contribution is -0.388. The van der Waals surface area contributed by atoms with E-state index in [2.05, 4.69) is 9.97 Å². The van der Waals surface area contributed by atoms with E-state index < -0.39 is 4.92 Å². The SMILES string of the molecule is O=[N+]([O-])c1cnc(Cl)nc1Sc1cccc(Cl)c1. The van der Waals surface area contributed by atoms with Crippen LogP contribution in [-0.2, 0) is 0 Å². The first-order valence-corrected chi connectivity index (χ1v) is 6.24. The van der Waals surface area contributed by atoms with Gasteiger partial charge in [-0.3, -0.25) is 10.1 Å². The molecule has 18 heavy (non-hydrogen) atoms. The molecule has 0 N–H and O–H groups in total. The molecule has 0 saturated carbocycles. The van der Waals surface area contributed by atoms with Crippen molar-refractivity contribution >= 4 is 40.7 Å². The summed E-state index contributed by atoms with van der Waals surface area (Å²) >= 11 is 12.6. The van der Waals surface area contributed by atoms with Crippen molar-refractivity contribution in [1.29, 1.82) is 0 Å². The summed E-state index contributed by atoms with van der Waals surface area (Å²) in [6, 6.07) is 6.93. The molecule has 0 aliphatic rings. The van der Waals surface area contributed by atoms with Crippen molar-refractivity contribution in [3.63, 3.8) is 0 Å². The Balaban J connectivity index is 2.39. The molecular weight excluding hydrogens is 297 g/mol. The topological polar surface area (TPSA) is 68.9 Å². The van der Waals surface area contributed by atoms with Gasteiger partial charge in [0.15, 0.2) is 5.03 Å². The van der Waals surface area contributed by atoms with E-state index >= 15 is 0 Å². The van der Waals surface area contributed by atoms with Gasteiger partial charge in [-0.2, -0.15) is 0 Å². The van der Waals surface area contributed by atoms with Crippen molar-refractivity contribution in [3.05, 3.63) is 50.9 Å². The van der Waals surface area contributed by atoms with Gasteiger partial charge in [-0.25, -0.2) is 9.97 Å². The van der Waals surface area contributed by atoms with Gasteiger partial charge < -0.3 is 0 Å². The molecule has 1 aromatic heterocycles. The minimum atomic E-state index is -0.552. The predicted octanol–water partition coefficient (Wildman–Crippen LogP) is 3.84. The first kappa shape index (κ1) is 13.1. The zero-order valence-electron chi connectivity index (χ0n) is 8.71. The number of benzene rings is 1. The molecule has 5 nitrogen and oxygen atoms in total. The third kappa shape index (κ3) is 3.10. The van der Waals surface area contributed by atoms with Crippen molar-refractivity contribution in [2.45, 2.75) is 9.92 Å². The second kappa shape index (κ2) is 5.51. The van der Waals surface area contributed by atoms with Crippen LogP contribution in [0, 0.1) is 10.1 Å². The van der Waals surface area contributed by atoms with E-state index in [1.165, 1.54) is 0 Å². The number of rotatable bonds is 3. The highest BCUT2D eigenvalue weighted by Gasteiger charge is 2.18. The van der Waals surface area contributed by atoms with Gasteiger partial charge in [0, 0.05) is 9.92 Å². The van der Waals surface area contributed by atoms with Gasteiger partial charge in [0.1, 0.15) is 6.20 Å². The van der Waals surface area contributed by atoms with E-state index in [4.69, 9.17) is 23.2 Å². The summed E-state index contributed by atoms with van der Waals surface area (Å²) < 4.78 is 0. The minimum absolute atomic E-state index is 0.0369. The Morgan fingerprint density at radius 3 is 2.78 bits per heavy atom. The Morgan fingerprint density at radius 1 is 1.33 bits per heavy atom. The second-order valence-corrected chi connectivity index (χ2v) is 4.98. The number of hydrogen-bond acceptors (Lipinski definition) is 5. The standard InChI is InChI=1S/C10H5Cl2N3O2S/c11-6-2-1-3-7(4-6)18-9-8(15(16)17)5-13-10(12)14-9/h1-5H. The number of hydrogen-bond donors (Lipinski definition) is 0. The van der Waals surface area contributed by atoms with E-state index in [0.717, 1.165) is 22.9 Å². The number of aromatic nitrogens is 2. The Morgan fingerprint density at radius 2 is 2.11 bits per heavy atom. The van der Waals surface area contributed by atoms with E-state index in [1.54, 1.807) is 24.3 Å². The van der Waals surface area contributed by atoms with Gasteiger partial charge >= 0.3 is 5.69 Å². The summed E-state index contributed by atoms with van der Waals surface area (Å²) in [4.78, 5) is 18.5. The average Bonchev–Trinajstić information content (AvgIpc) is 2.28. The highest BCUT2D eigenvalue weighted by molar-refractivity contribution is 7.99. The molecule has 0 amide bonds. The largest absolute Gasteiger partial charge is 0.319 e. The van der Waals surface area contributed by atoms with Crippen LogP contribution in [0.5, 0.6) is 0 Å². The zero-order chi connectivity index (χ0) is 13.1. The predicted molar refractivity (Wildman–Crippen MR) is 69.3 cm³/mol. The van der Waals surface area contributed by atoms with E-state index in [9.17, 15) is 10.1 Å². The first-order chi connectivity index (χ1) is 8.56. The summed E-state index contributed by atoms with van der Waals surface area (Å²) in [5, 5.41) is 11.5. The lowest BCUT2D eigenvalue weighted by Crippen LogP contribution is -1.95. The fourth-order valence-electron chi connectivity index (χ4n) is 1.18. The molecule has 0 atom stereocenters. The van der Waals surface area contributed by atoms with Crippen molar-refractivity contribution in [2.24, 2.45) is 0 Å². The molecule has 0 aliphatic carbocycles. The molecule has 2 rings (SSSR count). The molecule has 1 heterocycles. The van der Waals surface area contributed by atoms with Crippen LogP contribution in [0.2, 0.25) is 10.3 Å². The van der Waals surface area contributed by atoms with Crippen molar-refractivity contribution in [3.8, 4) is 0 Å². The molecule has 0 aliphatic heterocycles. The first-order valence-electron chi connectivity index (χ1n) is 4.66. The van der Waals surface area contributed by atoms with Crippen LogP contribution in [0.1, 0.15) is 0 Å². The van der Waals surface area contributed by atoms with Gasteiger partial charge in [-0.15, -0.1) is 0 Å². The molecule has 2 aromatic rings. The van der Waals surface area contributed by atoms with Crippen molar-refractivity contribution in [2.75, 3.05) is 0 Å². The minimum Gasteiger partial charge on any atom is -0.258 e. The number of halogens is 2. The molecule has 0 fully saturated rings. The van der Waals surface area contributed by atoms with E-state index in [-0.39, 0.29) is 16.0 Å². The highest BCUT2D eigenvalue weighted by atomic mass is 35.5. The number of nitro groups is 1.